The Hall–Kier alpha value is -3.02. The zero-order valence-electron chi connectivity index (χ0n) is 20.7. The minimum absolute atomic E-state index is 0.0765. The zero-order chi connectivity index (χ0) is 24.4. The van der Waals surface area contributed by atoms with E-state index in [1.165, 1.54) is 17.5 Å². The van der Waals surface area contributed by atoms with Crippen molar-refractivity contribution in [2.24, 2.45) is 0 Å². The Kier molecular flexibility index (Phi) is 8.96. The molecule has 4 nitrogen and oxygen atoms in total. The third-order valence-electron chi connectivity index (χ3n) is 5.95. The number of hydrogen-bond donors (Lipinski definition) is 0. The molecule has 0 bridgehead atoms. The predicted octanol–water partition coefficient (Wildman–Crippen LogP) is 5.51. The van der Waals surface area contributed by atoms with E-state index in [2.05, 4.69) is 92.2 Å². The van der Waals surface area contributed by atoms with Crippen LogP contribution in [-0.2, 0) is 20.6 Å². The monoisotopic (exact) mass is 473 g/mol. The molecule has 3 aromatic rings. The van der Waals surface area contributed by atoms with Crippen LogP contribution in [0.2, 0.25) is 5.04 Å². The van der Waals surface area contributed by atoms with Gasteiger partial charge in [-0.2, -0.15) is 0 Å². The third-order valence-corrected chi connectivity index (χ3v) is 10.9. The molecule has 2 aromatic carbocycles. The molecule has 1 aromatic heterocycles. The summed E-state index contributed by atoms with van der Waals surface area (Å²) in [4.78, 5) is 16.1. The van der Waals surface area contributed by atoms with Crippen LogP contribution < -0.4 is 10.4 Å². The summed E-state index contributed by atoms with van der Waals surface area (Å²) in [6.07, 6.45) is 6.06. The lowest BCUT2D eigenvalue weighted by molar-refractivity contribution is -0.140. The highest BCUT2D eigenvalue weighted by atomic mass is 28.4. The van der Waals surface area contributed by atoms with Gasteiger partial charge in [-0.1, -0.05) is 93.6 Å². The number of methoxy groups -OCH3 is 1. The van der Waals surface area contributed by atoms with E-state index in [4.69, 9.17) is 9.41 Å². The van der Waals surface area contributed by atoms with Gasteiger partial charge in [-0.05, 0) is 46.5 Å². The Bertz CT molecular complexity index is 1040. The van der Waals surface area contributed by atoms with E-state index in [1.54, 1.807) is 0 Å². The van der Waals surface area contributed by atoms with Crippen molar-refractivity contribution in [3.8, 4) is 0 Å². The number of unbranched alkanes of at least 4 members (excludes halogenated alkanes) is 1. The van der Waals surface area contributed by atoms with E-state index in [0.29, 0.717) is 13.0 Å². The molecule has 0 aliphatic carbocycles. The number of allylic oxidation sites excluding steroid dienone is 1. The summed E-state index contributed by atoms with van der Waals surface area (Å²) in [5.41, 5.74) is 1.80. The van der Waals surface area contributed by atoms with Gasteiger partial charge in [-0.25, -0.2) is 0 Å². The van der Waals surface area contributed by atoms with Crippen molar-refractivity contribution in [3.63, 3.8) is 0 Å². The van der Waals surface area contributed by atoms with Crippen molar-refractivity contribution in [3.05, 3.63) is 96.3 Å². The van der Waals surface area contributed by atoms with Crippen molar-refractivity contribution in [1.82, 2.24) is 4.98 Å². The van der Waals surface area contributed by atoms with Crippen LogP contribution in [0.3, 0.4) is 0 Å². The smallest absolute Gasteiger partial charge is 0.305 e. The summed E-state index contributed by atoms with van der Waals surface area (Å²) in [7, 11) is -1.18. The topological polar surface area (TPSA) is 48.4 Å². The molecule has 0 aliphatic rings. The number of pyridine rings is 1. The largest absolute Gasteiger partial charge is 0.469 e. The van der Waals surface area contributed by atoms with Gasteiger partial charge in [0.15, 0.2) is 0 Å². The molecule has 0 atom stereocenters. The summed E-state index contributed by atoms with van der Waals surface area (Å²) in [6, 6.07) is 27.3. The average Bonchev–Trinajstić information content (AvgIpc) is 2.85. The summed E-state index contributed by atoms with van der Waals surface area (Å²) >= 11 is 0. The second-order valence-electron chi connectivity index (χ2n) is 9.38. The van der Waals surface area contributed by atoms with Gasteiger partial charge < -0.3 is 9.16 Å². The summed E-state index contributed by atoms with van der Waals surface area (Å²) in [5.74, 6) is -0.172. The molecule has 178 valence electrons. The van der Waals surface area contributed by atoms with Crippen molar-refractivity contribution in [1.29, 1.82) is 0 Å². The van der Waals surface area contributed by atoms with Gasteiger partial charge in [0.25, 0.3) is 8.32 Å². The fourth-order valence-electron chi connectivity index (χ4n) is 4.29. The van der Waals surface area contributed by atoms with Gasteiger partial charge in [-0.15, -0.1) is 0 Å². The number of benzene rings is 2. The van der Waals surface area contributed by atoms with E-state index in [0.717, 1.165) is 24.2 Å². The predicted molar refractivity (Wildman–Crippen MR) is 142 cm³/mol. The van der Waals surface area contributed by atoms with E-state index >= 15 is 0 Å². The molecule has 0 unspecified atom stereocenters. The highest BCUT2D eigenvalue weighted by Gasteiger charge is 2.50. The lowest BCUT2D eigenvalue weighted by atomic mass is 10.2. The van der Waals surface area contributed by atoms with Crippen LogP contribution in [0.15, 0.2) is 84.9 Å². The number of aromatic nitrogens is 1. The fourth-order valence-corrected chi connectivity index (χ4v) is 8.81. The second-order valence-corrected chi connectivity index (χ2v) is 13.7. The molecule has 0 spiro atoms. The van der Waals surface area contributed by atoms with Crippen molar-refractivity contribution in [2.75, 3.05) is 7.11 Å². The number of carbonyl (C=O) groups excluding carboxylic acids is 1. The van der Waals surface area contributed by atoms with Gasteiger partial charge >= 0.3 is 5.97 Å². The maximum atomic E-state index is 11.2. The van der Waals surface area contributed by atoms with Crippen LogP contribution >= 0.6 is 0 Å². The molecule has 5 heteroatoms. The van der Waals surface area contributed by atoms with Gasteiger partial charge in [0.05, 0.1) is 25.1 Å². The Morgan fingerprint density at radius 3 is 2.09 bits per heavy atom. The van der Waals surface area contributed by atoms with Crippen molar-refractivity contribution < 1.29 is 14.0 Å². The summed E-state index contributed by atoms with van der Waals surface area (Å²) in [6.45, 7) is 7.28. The summed E-state index contributed by atoms with van der Waals surface area (Å²) in [5, 5.41) is 2.44. The Labute approximate surface area is 204 Å². The molecule has 0 radical (unpaired) electrons. The van der Waals surface area contributed by atoms with E-state index in [9.17, 15) is 4.79 Å². The minimum atomic E-state index is -2.60. The van der Waals surface area contributed by atoms with Crippen LogP contribution in [0.25, 0.3) is 6.08 Å². The van der Waals surface area contributed by atoms with Crippen LogP contribution in [0.5, 0.6) is 0 Å². The maximum Gasteiger partial charge on any atom is 0.305 e. The standard InChI is InChI=1S/C29H35NO3Si/c1-29(2,3)34(26-18-9-6-10-19-26,27-20-11-7-12-21-27)33-23-25-17-14-16-24(30-25)15-8-5-13-22-28(31)32-4/h6-12,14-21H,5,13,22-23H2,1-4H3/b15-8-. The van der Waals surface area contributed by atoms with Gasteiger partial charge in [0, 0.05) is 6.42 Å². The fraction of sp³-hybridized carbons (Fsp3) is 0.310. The lowest BCUT2D eigenvalue weighted by Crippen LogP contribution is -2.66. The van der Waals surface area contributed by atoms with Crippen LogP contribution in [-0.4, -0.2) is 26.4 Å². The van der Waals surface area contributed by atoms with E-state index in [-0.39, 0.29) is 11.0 Å². The number of rotatable bonds is 10. The lowest BCUT2D eigenvalue weighted by Gasteiger charge is -2.43. The normalized spacial score (nSPS) is 12.1. The molecular weight excluding hydrogens is 438 g/mol. The molecule has 0 N–H and O–H groups in total. The van der Waals surface area contributed by atoms with Crippen LogP contribution in [0.4, 0.5) is 0 Å². The molecular formula is C29H35NO3Si. The van der Waals surface area contributed by atoms with Gasteiger partial charge in [0.2, 0.25) is 0 Å². The zero-order valence-corrected chi connectivity index (χ0v) is 21.7. The second kappa shape index (κ2) is 11.9. The van der Waals surface area contributed by atoms with Crippen LogP contribution in [0, 0.1) is 0 Å². The van der Waals surface area contributed by atoms with Gasteiger partial charge in [0.1, 0.15) is 0 Å². The number of ether oxygens (including phenoxy) is 1. The molecule has 0 saturated carbocycles. The highest BCUT2D eigenvalue weighted by Crippen LogP contribution is 2.37. The van der Waals surface area contributed by atoms with E-state index < -0.39 is 8.32 Å². The van der Waals surface area contributed by atoms with Gasteiger partial charge in [-0.3, -0.25) is 9.78 Å². The summed E-state index contributed by atoms with van der Waals surface area (Å²) < 4.78 is 11.7. The van der Waals surface area contributed by atoms with Crippen molar-refractivity contribution in [2.45, 2.75) is 51.7 Å². The highest BCUT2D eigenvalue weighted by molar-refractivity contribution is 6.99. The molecule has 1 heterocycles. The number of hydrogen-bond acceptors (Lipinski definition) is 4. The number of carbonyl (C=O) groups is 1. The van der Waals surface area contributed by atoms with Crippen molar-refractivity contribution >= 4 is 30.7 Å². The Morgan fingerprint density at radius 1 is 0.912 bits per heavy atom. The molecule has 0 amide bonds. The Morgan fingerprint density at radius 2 is 1.53 bits per heavy atom. The third kappa shape index (κ3) is 6.30. The van der Waals surface area contributed by atoms with Crippen LogP contribution in [0.1, 0.15) is 51.4 Å². The quantitative estimate of drug-likeness (QED) is 0.221. The van der Waals surface area contributed by atoms with E-state index in [1.807, 2.05) is 24.3 Å². The maximum absolute atomic E-state index is 11.2. The molecule has 0 saturated heterocycles. The SMILES string of the molecule is COC(=O)CCC/C=C\c1cccc(CO[Si](c2ccccc2)(c2ccccc2)C(C)(C)C)n1. The first-order valence-electron chi connectivity index (χ1n) is 11.8. The number of nitrogens with zero attached hydrogens (tertiary/aromatic N) is 1. The molecule has 34 heavy (non-hydrogen) atoms. The first-order valence-corrected chi connectivity index (χ1v) is 13.7. The minimum Gasteiger partial charge on any atom is -0.469 e. The molecule has 0 fully saturated rings. The first kappa shape index (κ1) is 25.6. The molecule has 3 rings (SSSR count). The molecule has 0 aliphatic heterocycles. The first-order chi connectivity index (χ1) is 16.4. The Balaban J connectivity index is 1.83. The average molecular weight is 474 g/mol. The number of esters is 1.